The molecule has 19 heavy (non-hydrogen) atoms. The first-order valence-corrected chi connectivity index (χ1v) is 6.69. The number of likely N-dealkylation sites (tertiary alicyclic amines) is 1. The smallest absolute Gasteiger partial charge is 0.317 e. The molecular weight excluding hydrogens is 238 g/mol. The van der Waals surface area contributed by atoms with Crippen LogP contribution in [0.2, 0.25) is 0 Å². The molecule has 1 atom stereocenters. The molecule has 0 amide bonds. The van der Waals surface area contributed by atoms with E-state index in [4.69, 9.17) is 5.11 Å². The van der Waals surface area contributed by atoms with Crippen molar-refractivity contribution in [3.8, 4) is 0 Å². The van der Waals surface area contributed by atoms with Crippen LogP contribution in [0.15, 0.2) is 42.5 Å². The maximum atomic E-state index is 11.0. The molecule has 0 aromatic heterocycles. The lowest BCUT2D eigenvalue weighted by atomic mass is 9.97. The molecule has 3 rings (SSSR count). The van der Waals surface area contributed by atoms with Gasteiger partial charge in [-0.05, 0) is 35.7 Å². The molecule has 0 unspecified atom stereocenters. The van der Waals surface area contributed by atoms with Crippen LogP contribution >= 0.6 is 0 Å². The zero-order valence-electron chi connectivity index (χ0n) is 10.7. The molecule has 2 aromatic rings. The highest BCUT2D eigenvalue weighted by atomic mass is 16.4. The maximum absolute atomic E-state index is 11.0. The van der Waals surface area contributed by atoms with Crippen LogP contribution in [0.25, 0.3) is 10.8 Å². The van der Waals surface area contributed by atoms with Crippen LogP contribution in [0, 0.1) is 0 Å². The molecule has 0 spiro atoms. The van der Waals surface area contributed by atoms with Gasteiger partial charge in [-0.3, -0.25) is 9.69 Å². The van der Waals surface area contributed by atoms with Gasteiger partial charge in [0.05, 0.1) is 6.54 Å². The first-order valence-electron chi connectivity index (χ1n) is 6.69. The van der Waals surface area contributed by atoms with E-state index in [0.29, 0.717) is 0 Å². The van der Waals surface area contributed by atoms with Gasteiger partial charge >= 0.3 is 5.97 Å². The molecule has 1 saturated heterocycles. The van der Waals surface area contributed by atoms with Crippen LogP contribution in [0.5, 0.6) is 0 Å². The van der Waals surface area contributed by atoms with E-state index in [2.05, 4.69) is 35.2 Å². The zero-order valence-corrected chi connectivity index (χ0v) is 10.7. The number of hydrogen-bond donors (Lipinski definition) is 1. The van der Waals surface area contributed by atoms with Crippen molar-refractivity contribution in [2.24, 2.45) is 0 Å². The largest absolute Gasteiger partial charge is 0.480 e. The second kappa shape index (κ2) is 5.02. The summed E-state index contributed by atoms with van der Waals surface area (Å²) in [6, 6.07) is 14.9. The molecule has 1 aliphatic heterocycles. The Balaban J connectivity index is 2.01. The Morgan fingerprint density at radius 1 is 1.21 bits per heavy atom. The van der Waals surface area contributed by atoms with E-state index in [1.54, 1.807) is 0 Å². The Kier molecular flexibility index (Phi) is 3.22. The Hall–Kier alpha value is -1.87. The summed E-state index contributed by atoms with van der Waals surface area (Å²) in [6.07, 6.45) is 2.11. The van der Waals surface area contributed by atoms with Crippen molar-refractivity contribution in [3.05, 3.63) is 48.0 Å². The van der Waals surface area contributed by atoms with E-state index in [1.807, 2.05) is 12.1 Å². The van der Waals surface area contributed by atoms with Gasteiger partial charge in [0.1, 0.15) is 0 Å². The molecule has 0 saturated carbocycles. The fraction of sp³-hybridized carbons (Fsp3) is 0.312. The predicted molar refractivity (Wildman–Crippen MR) is 75.1 cm³/mol. The lowest BCUT2D eigenvalue weighted by molar-refractivity contribution is -0.138. The SMILES string of the molecule is O=C(O)CN1CCC[C@@H]1c1cccc2ccccc12. The molecule has 1 N–H and O–H groups in total. The highest BCUT2D eigenvalue weighted by molar-refractivity contribution is 5.86. The first kappa shape index (κ1) is 12.2. The van der Waals surface area contributed by atoms with Crippen LogP contribution in [0.3, 0.4) is 0 Å². The standard InChI is InChI=1S/C16H17NO2/c18-16(19)11-17-10-4-9-15(17)14-8-3-6-12-5-1-2-7-13(12)14/h1-3,5-8,15H,4,9-11H2,(H,18,19)/t15-/m1/s1. The monoisotopic (exact) mass is 255 g/mol. The molecule has 1 fully saturated rings. The number of benzene rings is 2. The molecule has 2 aromatic carbocycles. The average Bonchev–Trinajstić information content (AvgIpc) is 2.85. The number of carboxylic acid groups (broad SMARTS) is 1. The fourth-order valence-corrected chi connectivity index (χ4v) is 3.08. The third-order valence-corrected chi connectivity index (χ3v) is 3.88. The summed E-state index contributed by atoms with van der Waals surface area (Å²) in [7, 11) is 0. The Labute approximate surface area is 112 Å². The number of aliphatic carboxylic acids is 1. The van der Waals surface area contributed by atoms with Gasteiger partial charge in [0.2, 0.25) is 0 Å². The number of nitrogens with zero attached hydrogens (tertiary/aromatic N) is 1. The van der Waals surface area contributed by atoms with Crippen LogP contribution in [0.4, 0.5) is 0 Å². The molecule has 1 aliphatic rings. The molecule has 0 radical (unpaired) electrons. The molecule has 0 aliphatic carbocycles. The van der Waals surface area contributed by atoms with E-state index >= 15 is 0 Å². The van der Waals surface area contributed by atoms with E-state index in [1.165, 1.54) is 16.3 Å². The predicted octanol–water partition coefficient (Wildman–Crippen LogP) is 3.06. The second-order valence-corrected chi connectivity index (χ2v) is 5.09. The topological polar surface area (TPSA) is 40.5 Å². The van der Waals surface area contributed by atoms with Gasteiger partial charge in [0.25, 0.3) is 0 Å². The second-order valence-electron chi connectivity index (χ2n) is 5.09. The summed E-state index contributed by atoms with van der Waals surface area (Å²) in [5.41, 5.74) is 1.26. The molecule has 3 heteroatoms. The average molecular weight is 255 g/mol. The molecule has 0 bridgehead atoms. The lowest BCUT2D eigenvalue weighted by Crippen LogP contribution is -2.29. The van der Waals surface area contributed by atoms with Gasteiger partial charge in [-0.1, -0.05) is 42.5 Å². The molecule has 1 heterocycles. The Morgan fingerprint density at radius 2 is 2.00 bits per heavy atom. The maximum Gasteiger partial charge on any atom is 0.317 e. The Bertz CT molecular complexity index is 603. The quantitative estimate of drug-likeness (QED) is 0.916. The number of fused-ring (bicyclic) bond motifs is 1. The van der Waals surface area contributed by atoms with Crippen molar-refractivity contribution in [1.82, 2.24) is 4.90 Å². The van der Waals surface area contributed by atoms with Gasteiger partial charge in [0, 0.05) is 6.04 Å². The van der Waals surface area contributed by atoms with Crippen molar-refractivity contribution in [2.45, 2.75) is 18.9 Å². The van der Waals surface area contributed by atoms with Crippen molar-refractivity contribution < 1.29 is 9.90 Å². The molecule has 98 valence electrons. The summed E-state index contributed by atoms with van der Waals surface area (Å²) in [6.45, 7) is 1.01. The van der Waals surface area contributed by atoms with Crippen LogP contribution in [-0.2, 0) is 4.79 Å². The highest BCUT2D eigenvalue weighted by Gasteiger charge is 2.28. The minimum atomic E-state index is -0.743. The third-order valence-electron chi connectivity index (χ3n) is 3.88. The van der Waals surface area contributed by atoms with Crippen molar-refractivity contribution in [2.75, 3.05) is 13.1 Å². The summed E-state index contributed by atoms with van der Waals surface area (Å²) in [4.78, 5) is 13.0. The zero-order chi connectivity index (χ0) is 13.2. The third kappa shape index (κ3) is 2.34. The minimum absolute atomic E-state index is 0.133. The number of carbonyl (C=O) groups is 1. The lowest BCUT2D eigenvalue weighted by Gasteiger charge is -2.24. The molecular formula is C16H17NO2. The normalized spacial score (nSPS) is 19.9. The van der Waals surface area contributed by atoms with Crippen LogP contribution in [0.1, 0.15) is 24.4 Å². The fourth-order valence-electron chi connectivity index (χ4n) is 3.08. The summed E-state index contributed by atoms with van der Waals surface area (Å²) < 4.78 is 0. The van der Waals surface area contributed by atoms with Crippen molar-refractivity contribution in [3.63, 3.8) is 0 Å². The Morgan fingerprint density at radius 3 is 2.84 bits per heavy atom. The van der Waals surface area contributed by atoms with Crippen molar-refractivity contribution in [1.29, 1.82) is 0 Å². The van der Waals surface area contributed by atoms with Gasteiger partial charge in [-0.25, -0.2) is 0 Å². The van der Waals surface area contributed by atoms with Gasteiger partial charge in [0.15, 0.2) is 0 Å². The van der Waals surface area contributed by atoms with Gasteiger partial charge in [-0.2, -0.15) is 0 Å². The van der Waals surface area contributed by atoms with Crippen LogP contribution in [-0.4, -0.2) is 29.1 Å². The summed E-state index contributed by atoms with van der Waals surface area (Å²) in [5, 5.41) is 11.5. The van der Waals surface area contributed by atoms with Gasteiger partial charge in [-0.15, -0.1) is 0 Å². The minimum Gasteiger partial charge on any atom is -0.480 e. The van der Waals surface area contributed by atoms with Crippen molar-refractivity contribution >= 4 is 16.7 Å². The van der Waals surface area contributed by atoms with Crippen LogP contribution < -0.4 is 0 Å². The summed E-state index contributed by atoms with van der Waals surface area (Å²) in [5.74, 6) is -0.743. The summed E-state index contributed by atoms with van der Waals surface area (Å²) >= 11 is 0. The highest BCUT2D eigenvalue weighted by Crippen LogP contribution is 2.35. The van der Waals surface area contributed by atoms with E-state index in [0.717, 1.165) is 19.4 Å². The molecule has 3 nitrogen and oxygen atoms in total. The first-order chi connectivity index (χ1) is 9.25. The van der Waals surface area contributed by atoms with E-state index in [9.17, 15) is 4.79 Å². The van der Waals surface area contributed by atoms with E-state index < -0.39 is 5.97 Å². The number of rotatable bonds is 3. The number of hydrogen-bond acceptors (Lipinski definition) is 2. The van der Waals surface area contributed by atoms with E-state index in [-0.39, 0.29) is 12.6 Å². The van der Waals surface area contributed by atoms with Gasteiger partial charge < -0.3 is 5.11 Å². The number of carboxylic acids is 1.